The van der Waals surface area contributed by atoms with Crippen molar-refractivity contribution in [3.05, 3.63) is 12.2 Å². The molecule has 0 spiro atoms. The van der Waals surface area contributed by atoms with Crippen LogP contribution in [0.2, 0.25) is 0 Å². The van der Waals surface area contributed by atoms with Gasteiger partial charge in [-0.05, 0) is 48.9 Å². The molecule has 92 valence electrons. The van der Waals surface area contributed by atoms with E-state index in [0.717, 1.165) is 17.8 Å². The Morgan fingerprint density at radius 2 is 1.88 bits per heavy atom. The number of allylic oxidation sites excluding steroid dienone is 2. The van der Waals surface area contributed by atoms with Gasteiger partial charge in [-0.2, -0.15) is 0 Å². The first-order valence-corrected chi connectivity index (χ1v) is 7.42. The Hall–Kier alpha value is -0.260. The van der Waals surface area contributed by atoms with E-state index >= 15 is 0 Å². The second kappa shape index (κ2) is 4.94. The van der Waals surface area contributed by atoms with E-state index in [4.69, 9.17) is 0 Å². The Morgan fingerprint density at radius 3 is 2.44 bits per heavy atom. The second-order valence-electron chi connectivity index (χ2n) is 6.12. The molecule has 0 N–H and O–H groups in total. The third kappa shape index (κ3) is 1.96. The van der Waals surface area contributed by atoms with Gasteiger partial charge in [0.2, 0.25) is 0 Å². The monoisotopic (exact) mass is 220 g/mol. The van der Waals surface area contributed by atoms with Crippen LogP contribution >= 0.6 is 0 Å². The SMILES string of the molecule is CCC1CC(C)C=CC1(CC)C1CCCC1. The Labute approximate surface area is 102 Å². The molecule has 1 fully saturated rings. The van der Waals surface area contributed by atoms with E-state index in [1.54, 1.807) is 0 Å². The van der Waals surface area contributed by atoms with Gasteiger partial charge >= 0.3 is 0 Å². The van der Waals surface area contributed by atoms with Crippen LogP contribution in [0.15, 0.2) is 12.2 Å². The molecule has 3 atom stereocenters. The first-order chi connectivity index (χ1) is 7.73. The van der Waals surface area contributed by atoms with E-state index in [9.17, 15) is 0 Å². The summed E-state index contributed by atoms with van der Waals surface area (Å²) in [5.74, 6) is 2.75. The molecule has 2 aliphatic carbocycles. The number of hydrogen-bond donors (Lipinski definition) is 0. The molecule has 0 amide bonds. The maximum absolute atomic E-state index is 2.63. The van der Waals surface area contributed by atoms with Crippen LogP contribution in [0.3, 0.4) is 0 Å². The van der Waals surface area contributed by atoms with Gasteiger partial charge in [0.1, 0.15) is 0 Å². The topological polar surface area (TPSA) is 0 Å². The van der Waals surface area contributed by atoms with Gasteiger partial charge in [-0.15, -0.1) is 0 Å². The first-order valence-electron chi connectivity index (χ1n) is 7.42. The maximum Gasteiger partial charge on any atom is -0.00642 e. The van der Waals surface area contributed by atoms with Crippen molar-refractivity contribution in [3.8, 4) is 0 Å². The molecule has 0 aromatic carbocycles. The standard InChI is InChI=1S/C16H28/c1-4-14-12-13(3)10-11-16(14,5-2)15-8-6-7-9-15/h10-11,13-15H,4-9,12H2,1-3H3. The van der Waals surface area contributed by atoms with E-state index in [-0.39, 0.29) is 0 Å². The zero-order valence-corrected chi connectivity index (χ0v) is 11.3. The lowest BCUT2D eigenvalue weighted by molar-refractivity contribution is 0.0939. The molecule has 0 aromatic heterocycles. The lowest BCUT2D eigenvalue weighted by atomic mass is 9.58. The van der Waals surface area contributed by atoms with Crippen molar-refractivity contribution in [1.82, 2.24) is 0 Å². The third-order valence-electron chi connectivity index (χ3n) is 5.37. The molecule has 0 saturated heterocycles. The van der Waals surface area contributed by atoms with Crippen LogP contribution in [-0.4, -0.2) is 0 Å². The van der Waals surface area contributed by atoms with Gasteiger partial charge in [-0.3, -0.25) is 0 Å². The molecule has 0 radical (unpaired) electrons. The Balaban J connectivity index is 2.25. The van der Waals surface area contributed by atoms with E-state index < -0.39 is 0 Å². The molecule has 0 aromatic rings. The minimum atomic E-state index is 0.567. The lowest BCUT2D eigenvalue weighted by Crippen LogP contribution is -2.37. The Bertz CT molecular complexity index is 247. The van der Waals surface area contributed by atoms with Crippen LogP contribution in [0, 0.1) is 23.2 Å². The van der Waals surface area contributed by atoms with Gasteiger partial charge in [0.05, 0.1) is 0 Å². The van der Waals surface area contributed by atoms with Crippen LogP contribution in [0.25, 0.3) is 0 Å². The Morgan fingerprint density at radius 1 is 1.19 bits per heavy atom. The fourth-order valence-electron chi connectivity index (χ4n) is 4.40. The highest BCUT2D eigenvalue weighted by atomic mass is 14.5. The summed E-state index contributed by atoms with van der Waals surface area (Å²) < 4.78 is 0. The zero-order chi connectivity index (χ0) is 11.6. The van der Waals surface area contributed by atoms with Crippen molar-refractivity contribution in [2.24, 2.45) is 23.2 Å². The summed E-state index contributed by atoms with van der Waals surface area (Å²) in [6.07, 6.45) is 15.2. The summed E-state index contributed by atoms with van der Waals surface area (Å²) in [7, 11) is 0. The smallest absolute Gasteiger partial charge is 0.00642 e. The fraction of sp³-hybridized carbons (Fsp3) is 0.875. The fourth-order valence-corrected chi connectivity index (χ4v) is 4.40. The van der Waals surface area contributed by atoms with E-state index in [1.807, 2.05) is 0 Å². The average Bonchev–Trinajstić information content (AvgIpc) is 2.83. The molecule has 0 heteroatoms. The molecule has 0 heterocycles. The number of rotatable bonds is 3. The number of hydrogen-bond acceptors (Lipinski definition) is 0. The van der Waals surface area contributed by atoms with Gasteiger partial charge in [0.15, 0.2) is 0 Å². The van der Waals surface area contributed by atoms with Crippen LogP contribution in [-0.2, 0) is 0 Å². The minimum absolute atomic E-state index is 0.567. The van der Waals surface area contributed by atoms with Gasteiger partial charge < -0.3 is 0 Å². The summed E-state index contributed by atoms with van der Waals surface area (Å²) in [6, 6.07) is 0. The molecular weight excluding hydrogens is 192 g/mol. The van der Waals surface area contributed by atoms with Crippen LogP contribution < -0.4 is 0 Å². The van der Waals surface area contributed by atoms with Gasteiger partial charge in [-0.25, -0.2) is 0 Å². The van der Waals surface area contributed by atoms with Gasteiger partial charge in [0, 0.05) is 0 Å². The minimum Gasteiger partial charge on any atom is -0.0851 e. The highest BCUT2D eigenvalue weighted by molar-refractivity contribution is 5.11. The predicted octanol–water partition coefficient (Wildman–Crippen LogP) is 5.20. The molecule has 0 nitrogen and oxygen atoms in total. The van der Waals surface area contributed by atoms with E-state index in [2.05, 4.69) is 32.9 Å². The van der Waals surface area contributed by atoms with E-state index in [1.165, 1.54) is 44.9 Å². The van der Waals surface area contributed by atoms with Crippen LogP contribution in [0.4, 0.5) is 0 Å². The van der Waals surface area contributed by atoms with Crippen molar-refractivity contribution in [3.63, 3.8) is 0 Å². The van der Waals surface area contributed by atoms with Crippen LogP contribution in [0.1, 0.15) is 65.7 Å². The molecule has 2 rings (SSSR count). The molecule has 1 saturated carbocycles. The molecule has 2 aliphatic rings. The van der Waals surface area contributed by atoms with Crippen LogP contribution in [0.5, 0.6) is 0 Å². The van der Waals surface area contributed by atoms with Crippen molar-refractivity contribution >= 4 is 0 Å². The van der Waals surface area contributed by atoms with Crippen molar-refractivity contribution in [2.45, 2.75) is 65.7 Å². The maximum atomic E-state index is 2.63. The lowest BCUT2D eigenvalue weighted by Gasteiger charge is -2.46. The summed E-state index contributed by atoms with van der Waals surface area (Å²) in [5, 5.41) is 0. The highest BCUT2D eigenvalue weighted by Crippen LogP contribution is 2.53. The third-order valence-corrected chi connectivity index (χ3v) is 5.37. The Kier molecular flexibility index (Phi) is 3.77. The largest absolute Gasteiger partial charge is 0.0851 e. The normalized spacial score (nSPS) is 40.4. The molecule has 0 bridgehead atoms. The van der Waals surface area contributed by atoms with Crippen molar-refractivity contribution < 1.29 is 0 Å². The van der Waals surface area contributed by atoms with Gasteiger partial charge in [-0.1, -0.05) is 52.2 Å². The summed E-state index contributed by atoms with van der Waals surface area (Å²) in [6.45, 7) is 7.20. The predicted molar refractivity (Wildman–Crippen MR) is 71.4 cm³/mol. The highest BCUT2D eigenvalue weighted by Gasteiger charge is 2.43. The van der Waals surface area contributed by atoms with E-state index in [0.29, 0.717) is 5.41 Å². The molecule has 16 heavy (non-hydrogen) atoms. The quantitative estimate of drug-likeness (QED) is 0.574. The van der Waals surface area contributed by atoms with Crippen molar-refractivity contribution in [1.29, 1.82) is 0 Å². The summed E-state index contributed by atoms with van der Waals surface area (Å²) >= 11 is 0. The average molecular weight is 220 g/mol. The molecular formula is C16H28. The summed E-state index contributed by atoms with van der Waals surface area (Å²) in [4.78, 5) is 0. The van der Waals surface area contributed by atoms with Gasteiger partial charge in [0.25, 0.3) is 0 Å². The summed E-state index contributed by atoms with van der Waals surface area (Å²) in [5.41, 5.74) is 0.567. The zero-order valence-electron chi connectivity index (χ0n) is 11.3. The first kappa shape index (κ1) is 12.2. The van der Waals surface area contributed by atoms with Crippen molar-refractivity contribution in [2.75, 3.05) is 0 Å². The molecule has 3 unspecified atom stereocenters. The second-order valence-corrected chi connectivity index (χ2v) is 6.12. The molecule has 0 aliphatic heterocycles.